The molecule has 8 nitrogen and oxygen atoms in total. The molecule has 0 fully saturated rings. The molecule has 35 heavy (non-hydrogen) atoms. The van der Waals surface area contributed by atoms with Crippen molar-refractivity contribution < 1.29 is 9.47 Å². The predicted octanol–water partition coefficient (Wildman–Crippen LogP) is 5.09. The molecule has 0 spiro atoms. The number of hydrogen-bond donors (Lipinski definition) is 2. The first-order valence-corrected chi connectivity index (χ1v) is 11.3. The highest BCUT2D eigenvalue weighted by molar-refractivity contribution is 5.85. The van der Waals surface area contributed by atoms with Crippen molar-refractivity contribution in [3.8, 4) is 23.2 Å². The van der Waals surface area contributed by atoms with E-state index >= 15 is 0 Å². The van der Waals surface area contributed by atoms with Gasteiger partial charge in [0.15, 0.2) is 11.5 Å². The highest BCUT2D eigenvalue weighted by Crippen LogP contribution is 2.32. The monoisotopic (exact) mass is 490 g/mol. The van der Waals surface area contributed by atoms with Crippen LogP contribution in [0.1, 0.15) is 18.1 Å². The van der Waals surface area contributed by atoms with E-state index in [0.29, 0.717) is 18.1 Å². The number of H-pyrrole nitrogens is 1. The van der Waals surface area contributed by atoms with Crippen molar-refractivity contribution in [2.75, 3.05) is 13.2 Å². The molecule has 0 amide bonds. The molecular weight excluding hydrogens is 464 g/mol. The Morgan fingerprint density at radius 1 is 0.971 bits per heavy atom. The largest absolute Gasteiger partial charge is 0.490 e. The summed E-state index contributed by atoms with van der Waals surface area (Å²) < 4.78 is 13.4. The number of benzene rings is 3. The molecule has 0 aliphatic rings. The minimum Gasteiger partial charge on any atom is -0.490 e. The van der Waals surface area contributed by atoms with Crippen LogP contribution in [0.2, 0.25) is 0 Å². The number of halogens is 1. The van der Waals surface area contributed by atoms with E-state index in [0.717, 1.165) is 30.8 Å². The third kappa shape index (κ3) is 5.62. The van der Waals surface area contributed by atoms with Gasteiger partial charge in [0, 0.05) is 23.6 Å². The number of nitrogens with one attached hydrogen (secondary N) is 2. The molecule has 180 valence electrons. The second kappa shape index (κ2) is 11.5. The fraction of sp³-hybridized carbons (Fsp3) is 0.192. The summed E-state index contributed by atoms with van der Waals surface area (Å²) in [4.78, 5) is 3.33. The van der Waals surface area contributed by atoms with Gasteiger partial charge in [0.25, 0.3) is 0 Å². The lowest BCUT2D eigenvalue weighted by atomic mass is 10.1. The van der Waals surface area contributed by atoms with Gasteiger partial charge in [-0.1, -0.05) is 47.6 Å². The van der Waals surface area contributed by atoms with Crippen molar-refractivity contribution >= 4 is 23.3 Å². The summed E-state index contributed by atoms with van der Waals surface area (Å²) in [7, 11) is 0. The molecule has 0 radical (unpaired) electrons. The van der Waals surface area contributed by atoms with E-state index in [1.165, 1.54) is 16.5 Å². The number of hydrogen-bond acceptors (Lipinski definition) is 6. The molecule has 3 aromatic carbocycles. The van der Waals surface area contributed by atoms with Crippen LogP contribution in [-0.4, -0.2) is 38.3 Å². The Labute approximate surface area is 209 Å². The van der Waals surface area contributed by atoms with Crippen LogP contribution in [0, 0.1) is 0 Å². The summed E-state index contributed by atoms with van der Waals surface area (Å²) in [6.45, 7) is 4.07. The number of aromatic nitrogens is 5. The van der Waals surface area contributed by atoms with Crippen LogP contribution < -0.4 is 14.8 Å². The highest BCUT2D eigenvalue weighted by Gasteiger charge is 2.14. The molecule has 0 aliphatic carbocycles. The molecule has 0 aliphatic heterocycles. The molecule has 2 heterocycles. The van der Waals surface area contributed by atoms with Crippen LogP contribution in [0.3, 0.4) is 0 Å². The molecule has 0 atom stereocenters. The quantitative estimate of drug-likeness (QED) is 0.265. The smallest absolute Gasteiger partial charge is 0.346 e. The maximum absolute atomic E-state index is 6.04. The lowest BCUT2D eigenvalue weighted by molar-refractivity contribution is 0.315. The average molecular weight is 491 g/mol. The fourth-order valence-corrected chi connectivity index (χ4v) is 3.88. The first-order valence-electron chi connectivity index (χ1n) is 11.3. The SMILES string of the molecule is CCOc1cc(CNCCc2c[nH]c3ccccc23)ccc1Oc1nnnn1-c1ccccc1.Cl. The standard InChI is InChI=1S/C26H26N6O2.ClH/c1-2-33-25-16-19(17-27-15-14-20-18-28-23-11-7-6-10-22(20)23)12-13-24(25)34-26-29-30-31-32(26)21-8-4-3-5-9-21;/h3-13,16,18,27-28H,2,14-15,17H2,1H3;1H. The number of rotatable bonds is 10. The van der Waals surface area contributed by atoms with Gasteiger partial charge in [0.05, 0.1) is 12.3 Å². The second-order valence-corrected chi connectivity index (χ2v) is 7.81. The highest BCUT2D eigenvalue weighted by atomic mass is 35.5. The Balaban J connectivity index is 0.00000289. The van der Waals surface area contributed by atoms with Crippen molar-refractivity contribution in [1.29, 1.82) is 0 Å². The summed E-state index contributed by atoms with van der Waals surface area (Å²) in [6.07, 6.45) is 3.04. The van der Waals surface area contributed by atoms with Gasteiger partial charge in [-0.3, -0.25) is 0 Å². The number of tetrazole rings is 1. The minimum absolute atomic E-state index is 0. The van der Waals surface area contributed by atoms with E-state index in [1.54, 1.807) is 4.68 Å². The Morgan fingerprint density at radius 2 is 1.80 bits per heavy atom. The van der Waals surface area contributed by atoms with Crippen molar-refractivity contribution in [3.05, 3.63) is 90.1 Å². The molecule has 0 bridgehead atoms. The van der Waals surface area contributed by atoms with E-state index in [-0.39, 0.29) is 18.4 Å². The van der Waals surface area contributed by atoms with Crippen molar-refractivity contribution in [1.82, 2.24) is 30.5 Å². The summed E-state index contributed by atoms with van der Waals surface area (Å²) in [5, 5.41) is 16.6. The maximum Gasteiger partial charge on any atom is 0.346 e. The molecule has 2 N–H and O–H groups in total. The zero-order valence-electron chi connectivity index (χ0n) is 19.3. The minimum atomic E-state index is 0. The van der Waals surface area contributed by atoms with Gasteiger partial charge in [0.1, 0.15) is 0 Å². The summed E-state index contributed by atoms with van der Waals surface area (Å²) >= 11 is 0. The number of para-hydroxylation sites is 2. The molecule has 9 heteroatoms. The number of nitrogens with zero attached hydrogens (tertiary/aromatic N) is 4. The Hall–Kier alpha value is -3.88. The van der Waals surface area contributed by atoms with Gasteiger partial charge in [-0.25, -0.2) is 0 Å². The summed E-state index contributed by atoms with van der Waals surface area (Å²) in [5.41, 5.74) is 4.42. The van der Waals surface area contributed by atoms with Crippen LogP contribution in [0.25, 0.3) is 16.6 Å². The lowest BCUT2D eigenvalue weighted by Gasteiger charge is -2.13. The Morgan fingerprint density at radius 3 is 2.66 bits per heavy atom. The maximum atomic E-state index is 6.04. The zero-order valence-corrected chi connectivity index (χ0v) is 20.2. The normalized spacial score (nSPS) is 10.8. The van der Waals surface area contributed by atoms with Gasteiger partial charge in [0.2, 0.25) is 0 Å². The molecule has 0 saturated heterocycles. The second-order valence-electron chi connectivity index (χ2n) is 7.81. The number of fused-ring (bicyclic) bond motifs is 1. The third-order valence-corrected chi connectivity index (χ3v) is 5.53. The third-order valence-electron chi connectivity index (χ3n) is 5.53. The average Bonchev–Trinajstić information content (AvgIpc) is 3.51. The topological polar surface area (TPSA) is 89.9 Å². The van der Waals surface area contributed by atoms with Crippen LogP contribution in [0.15, 0.2) is 79.0 Å². The van der Waals surface area contributed by atoms with E-state index in [1.807, 2.05) is 61.5 Å². The zero-order chi connectivity index (χ0) is 23.2. The fourth-order valence-electron chi connectivity index (χ4n) is 3.88. The van der Waals surface area contributed by atoms with E-state index in [2.05, 4.69) is 50.2 Å². The number of aromatic amines is 1. The Bertz CT molecular complexity index is 1370. The van der Waals surface area contributed by atoms with Crippen LogP contribution in [0.5, 0.6) is 17.5 Å². The lowest BCUT2D eigenvalue weighted by Crippen LogP contribution is -2.16. The van der Waals surface area contributed by atoms with Gasteiger partial charge in [-0.2, -0.15) is 4.68 Å². The van der Waals surface area contributed by atoms with Crippen LogP contribution in [0.4, 0.5) is 0 Å². The Kier molecular flexibility index (Phi) is 7.97. The van der Waals surface area contributed by atoms with Crippen molar-refractivity contribution in [2.45, 2.75) is 19.9 Å². The van der Waals surface area contributed by atoms with E-state index < -0.39 is 0 Å². The molecule has 5 rings (SSSR count). The van der Waals surface area contributed by atoms with Crippen molar-refractivity contribution in [2.24, 2.45) is 0 Å². The van der Waals surface area contributed by atoms with Crippen LogP contribution in [-0.2, 0) is 13.0 Å². The van der Waals surface area contributed by atoms with Crippen LogP contribution >= 0.6 is 12.4 Å². The van der Waals surface area contributed by atoms with Gasteiger partial charge in [-0.05, 0) is 71.8 Å². The number of ether oxygens (including phenoxy) is 2. The van der Waals surface area contributed by atoms with E-state index in [4.69, 9.17) is 9.47 Å². The molecule has 0 unspecified atom stereocenters. The van der Waals surface area contributed by atoms with Gasteiger partial charge >= 0.3 is 6.01 Å². The molecule has 5 aromatic rings. The van der Waals surface area contributed by atoms with Gasteiger partial charge in [-0.15, -0.1) is 12.4 Å². The molecular formula is C26H27ClN6O2. The molecule has 0 saturated carbocycles. The first-order chi connectivity index (χ1) is 16.8. The summed E-state index contributed by atoms with van der Waals surface area (Å²) in [5.74, 6) is 1.22. The predicted molar refractivity (Wildman–Crippen MR) is 138 cm³/mol. The van der Waals surface area contributed by atoms with E-state index in [9.17, 15) is 0 Å². The van der Waals surface area contributed by atoms with Crippen molar-refractivity contribution in [3.63, 3.8) is 0 Å². The molecule has 2 aromatic heterocycles. The van der Waals surface area contributed by atoms with Gasteiger partial charge < -0.3 is 19.8 Å². The first kappa shape index (κ1) is 24.3. The summed E-state index contributed by atoms with van der Waals surface area (Å²) in [6, 6.07) is 24.2.